The van der Waals surface area contributed by atoms with Gasteiger partial charge in [0.15, 0.2) is 0 Å². The second-order valence-corrected chi connectivity index (χ2v) is 10.1. The summed E-state index contributed by atoms with van der Waals surface area (Å²) in [4.78, 5) is 16.5. The van der Waals surface area contributed by atoms with Crippen molar-refractivity contribution < 1.29 is 9.21 Å². The van der Waals surface area contributed by atoms with Gasteiger partial charge in [-0.15, -0.1) is 0 Å². The molecule has 1 amide bonds. The molecular formula is C29H32N2O2. The van der Waals surface area contributed by atoms with E-state index in [4.69, 9.17) is 4.42 Å². The standard InChI is InChI=1S/C29H32N2O2/c32-28(25-19-30-20-29(25)15-7-12-23-14-17-33-27(23)29)31-16-13-24(21-8-3-1-4-9-21)18-26(31)22-10-5-2-6-11-22/h1-6,8-11,14,17,24-26,30H,7,12-13,15-16,18-20H2/t24-,25+,26+,29-/m1/s1. The predicted molar refractivity (Wildman–Crippen MR) is 129 cm³/mol. The molecule has 3 aromatic rings. The molecule has 0 unspecified atom stereocenters. The summed E-state index contributed by atoms with van der Waals surface area (Å²) < 4.78 is 6.04. The molecule has 1 N–H and O–H groups in total. The van der Waals surface area contributed by atoms with Gasteiger partial charge in [0.25, 0.3) is 0 Å². The Kier molecular flexibility index (Phi) is 5.34. The van der Waals surface area contributed by atoms with Gasteiger partial charge in [0.2, 0.25) is 5.91 Å². The van der Waals surface area contributed by atoms with E-state index in [9.17, 15) is 4.79 Å². The third-order valence-corrected chi connectivity index (χ3v) is 8.36. The van der Waals surface area contributed by atoms with E-state index >= 15 is 0 Å². The maximum atomic E-state index is 14.3. The van der Waals surface area contributed by atoms with E-state index in [0.29, 0.717) is 11.8 Å². The zero-order valence-electron chi connectivity index (χ0n) is 19.1. The fourth-order valence-electron chi connectivity index (χ4n) is 6.71. The number of amides is 1. The summed E-state index contributed by atoms with van der Waals surface area (Å²) in [7, 11) is 0. The Hall–Kier alpha value is -2.85. The Morgan fingerprint density at radius 1 is 1.00 bits per heavy atom. The second kappa shape index (κ2) is 8.49. The molecule has 2 fully saturated rings. The van der Waals surface area contributed by atoms with Gasteiger partial charge in [-0.3, -0.25) is 4.79 Å². The molecule has 0 saturated carbocycles. The van der Waals surface area contributed by atoms with Crippen molar-refractivity contribution >= 4 is 5.91 Å². The third-order valence-electron chi connectivity index (χ3n) is 8.36. The molecule has 4 nitrogen and oxygen atoms in total. The maximum absolute atomic E-state index is 14.3. The third kappa shape index (κ3) is 3.52. The largest absolute Gasteiger partial charge is 0.468 e. The van der Waals surface area contributed by atoms with E-state index in [0.717, 1.165) is 57.5 Å². The SMILES string of the molecule is O=C([C@@H]1CNC[C@]12CCCc1ccoc12)N1CC[C@@H](c2ccccc2)C[C@H]1c1ccccc1. The molecule has 6 rings (SSSR count). The molecule has 4 atom stereocenters. The number of fused-ring (bicyclic) bond motifs is 2. The van der Waals surface area contributed by atoms with Gasteiger partial charge in [0, 0.05) is 19.6 Å². The predicted octanol–water partition coefficient (Wildman–Crippen LogP) is 5.22. The van der Waals surface area contributed by atoms with Crippen molar-refractivity contribution in [3.05, 3.63) is 95.4 Å². The number of rotatable bonds is 3. The second-order valence-electron chi connectivity index (χ2n) is 10.1. The van der Waals surface area contributed by atoms with Gasteiger partial charge in [0.1, 0.15) is 5.76 Å². The highest BCUT2D eigenvalue weighted by Gasteiger charge is 2.53. The van der Waals surface area contributed by atoms with E-state index in [2.05, 4.69) is 76.9 Å². The minimum atomic E-state index is -0.203. The highest BCUT2D eigenvalue weighted by atomic mass is 16.3. The van der Waals surface area contributed by atoms with E-state index < -0.39 is 0 Å². The van der Waals surface area contributed by atoms with Gasteiger partial charge < -0.3 is 14.6 Å². The van der Waals surface area contributed by atoms with E-state index in [1.165, 1.54) is 16.7 Å². The lowest BCUT2D eigenvalue weighted by Crippen LogP contribution is -2.50. The van der Waals surface area contributed by atoms with Gasteiger partial charge in [-0.05, 0) is 60.8 Å². The van der Waals surface area contributed by atoms with Crippen molar-refractivity contribution in [3.8, 4) is 0 Å². The summed E-state index contributed by atoms with van der Waals surface area (Å²) in [5.41, 5.74) is 3.72. The van der Waals surface area contributed by atoms with Crippen molar-refractivity contribution in [1.29, 1.82) is 0 Å². The summed E-state index contributed by atoms with van der Waals surface area (Å²) in [5.74, 6) is 1.77. The number of benzene rings is 2. The van der Waals surface area contributed by atoms with Crippen LogP contribution in [0.15, 0.2) is 77.4 Å². The molecule has 1 aliphatic carbocycles. The zero-order chi connectivity index (χ0) is 22.3. The number of furan rings is 1. The van der Waals surface area contributed by atoms with Crippen LogP contribution in [-0.2, 0) is 16.6 Å². The molecule has 2 saturated heterocycles. The van der Waals surface area contributed by atoms with Crippen LogP contribution in [0.4, 0.5) is 0 Å². The molecule has 33 heavy (non-hydrogen) atoms. The summed E-state index contributed by atoms with van der Waals surface area (Å²) in [6, 6.07) is 23.6. The lowest BCUT2D eigenvalue weighted by atomic mass is 9.67. The van der Waals surface area contributed by atoms with Gasteiger partial charge in [-0.1, -0.05) is 60.7 Å². The average molecular weight is 441 g/mol. The van der Waals surface area contributed by atoms with Crippen LogP contribution in [0.2, 0.25) is 0 Å². The number of piperidine rings is 1. The summed E-state index contributed by atoms with van der Waals surface area (Å²) in [6.45, 7) is 2.37. The molecular weight excluding hydrogens is 408 g/mol. The monoisotopic (exact) mass is 440 g/mol. The highest BCUT2D eigenvalue weighted by Crippen LogP contribution is 2.48. The molecule has 170 valence electrons. The van der Waals surface area contributed by atoms with Crippen molar-refractivity contribution in [2.24, 2.45) is 5.92 Å². The van der Waals surface area contributed by atoms with Crippen LogP contribution in [0.3, 0.4) is 0 Å². The topological polar surface area (TPSA) is 45.5 Å². The minimum Gasteiger partial charge on any atom is -0.468 e. The minimum absolute atomic E-state index is 0.0674. The number of aryl methyl sites for hydroxylation is 1. The van der Waals surface area contributed by atoms with Crippen LogP contribution >= 0.6 is 0 Å². The lowest BCUT2D eigenvalue weighted by molar-refractivity contribution is -0.141. The fraction of sp³-hybridized carbons (Fsp3) is 0.414. The summed E-state index contributed by atoms with van der Waals surface area (Å²) in [6.07, 6.45) is 7.00. The van der Waals surface area contributed by atoms with E-state index in [1.54, 1.807) is 0 Å². The number of hydrogen-bond donors (Lipinski definition) is 1. The van der Waals surface area contributed by atoms with Crippen molar-refractivity contribution in [3.63, 3.8) is 0 Å². The van der Waals surface area contributed by atoms with Crippen LogP contribution in [-0.4, -0.2) is 30.4 Å². The Morgan fingerprint density at radius 3 is 2.55 bits per heavy atom. The number of likely N-dealkylation sites (tertiary alicyclic amines) is 1. The average Bonchev–Trinajstić information content (AvgIpc) is 3.53. The normalized spacial score (nSPS) is 29.2. The first-order chi connectivity index (χ1) is 16.3. The smallest absolute Gasteiger partial charge is 0.228 e. The molecule has 2 aromatic carbocycles. The van der Waals surface area contributed by atoms with Crippen LogP contribution in [0.5, 0.6) is 0 Å². The Balaban J connectivity index is 1.33. The van der Waals surface area contributed by atoms with Crippen molar-refractivity contribution in [1.82, 2.24) is 10.2 Å². The lowest BCUT2D eigenvalue weighted by Gasteiger charge is -2.44. The molecule has 1 aromatic heterocycles. The van der Waals surface area contributed by atoms with Crippen LogP contribution in [0, 0.1) is 5.92 Å². The number of nitrogens with zero attached hydrogens (tertiary/aromatic N) is 1. The number of nitrogens with one attached hydrogen (secondary N) is 1. The first-order valence-electron chi connectivity index (χ1n) is 12.4. The summed E-state index contributed by atoms with van der Waals surface area (Å²) in [5, 5.41) is 3.57. The Labute approximate surface area is 196 Å². The van der Waals surface area contributed by atoms with Gasteiger partial charge in [0.05, 0.1) is 23.6 Å². The first kappa shape index (κ1) is 20.7. The van der Waals surface area contributed by atoms with Crippen molar-refractivity contribution in [2.75, 3.05) is 19.6 Å². The molecule has 2 aliphatic heterocycles. The number of carbonyl (C=O) groups excluding carboxylic acids is 1. The number of hydrogen-bond acceptors (Lipinski definition) is 3. The fourth-order valence-corrected chi connectivity index (χ4v) is 6.71. The Morgan fingerprint density at radius 2 is 1.76 bits per heavy atom. The highest BCUT2D eigenvalue weighted by molar-refractivity contribution is 5.82. The molecule has 0 radical (unpaired) electrons. The zero-order valence-corrected chi connectivity index (χ0v) is 19.1. The van der Waals surface area contributed by atoms with Gasteiger partial charge >= 0.3 is 0 Å². The van der Waals surface area contributed by atoms with Crippen LogP contribution in [0.25, 0.3) is 0 Å². The van der Waals surface area contributed by atoms with Crippen LogP contribution < -0.4 is 5.32 Å². The maximum Gasteiger partial charge on any atom is 0.228 e. The summed E-state index contributed by atoms with van der Waals surface area (Å²) >= 11 is 0. The van der Waals surface area contributed by atoms with Gasteiger partial charge in [-0.25, -0.2) is 0 Å². The molecule has 4 heteroatoms. The van der Waals surface area contributed by atoms with Crippen LogP contribution in [0.1, 0.15) is 60.1 Å². The van der Waals surface area contributed by atoms with Crippen molar-refractivity contribution in [2.45, 2.75) is 49.5 Å². The van der Waals surface area contributed by atoms with E-state index in [-0.39, 0.29) is 17.4 Å². The quantitative estimate of drug-likeness (QED) is 0.607. The molecule has 1 spiro atoms. The van der Waals surface area contributed by atoms with Gasteiger partial charge in [-0.2, -0.15) is 0 Å². The number of carbonyl (C=O) groups is 1. The van der Waals surface area contributed by atoms with E-state index in [1.807, 2.05) is 6.26 Å². The molecule has 3 aliphatic rings. The first-order valence-corrected chi connectivity index (χ1v) is 12.4. The Bertz CT molecular complexity index is 1110. The molecule has 3 heterocycles. The molecule has 0 bridgehead atoms.